The van der Waals surface area contributed by atoms with Crippen molar-refractivity contribution >= 4 is 11.7 Å². The summed E-state index contributed by atoms with van der Waals surface area (Å²) in [6.07, 6.45) is 2.70. The Kier molecular flexibility index (Phi) is 5.44. The van der Waals surface area contributed by atoms with Gasteiger partial charge in [0.05, 0.1) is 18.9 Å². The molecule has 1 N–H and O–H groups in total. The lowest BCUT2D eigenvalue weighted by molar-refractivity contribution is 0.102. The smallest absolute Gasteiger partial charge is 0.257 e. The minimum absolute atomic E-state index is 0.00316. The second-order valence-corrected chi connectivity index (χ2v) is 7.50. The van der Waals surface area contributed by atoms with Gasteiger partial charge in [-0.05, 0) is 75.6 Å². The van der Waals surface area contributed by atoms with Crippen LogP contribution in [0.15, 0.2) is 42.5 Å². The molecule has 0 spiro atoms. The Bertz CT molecular complexity index is 1070. The second kappa shape index (κ2) is 8.18. The summed E-state index contributed by atoms with van der Waals surface area (Å²) >= 11 is 0. The van der Waals surface area contributed by atoms with E-state index in [1.165, 1.54) is 12.1 Å². The molecule has 6 nitrogen and oxygen atoms in total. The van der Waals surface area contributed by atoms with Crippen LogP contribution in [0.4, 0.5) is 10.2 Å². The molecule has 1 amide bonds. The highest BCUT2D eigenvalue weighted by atomic mass is 19.1. The Morgan fingerprint density at radius 1 is 1.13 bits per heavy atom. The van der Waals surface area contributed by atoms with E-state index in [0.29, 0.717) is 22.9 Å². The SMILES string of the molecule is COc1cc(C(=O)Nc2nn(-c3ccc(F)cc3)c3c2CCC3)ccc1OC(C)C. The average molecular weight is 409 g/mol. The van der Waals surface area contributed by atoms with E-state index in [9.17, 15) is 9.18 Å². The van der Waals surface area contributed by atoms with Crippen LogP contribution in [0.2, 0.25) is 0 Å². The lowest BCUT2D eigenvalue weighted by Crippen LogP contribution is -2.14. The summed E-state index contributed by atoms with van der Waals surface area (Å²) < 4.78 is 26.2. The molecule has 0 saturated carbocycles. The van der Waals surface area contributed by atoms with E-state index in [1.807, 2.05) is 13.8 Å². The van der Waals surface area contributed by atoms with Gasteiger partial charge in [0.25, 0.3) is 5.91 Å². The molecule has 1 aliphatic rings. The number of nitrogens with zero attached hydrogens (tertiary/aromatic N) is 2. The van der Waals surface area contributed by atoms with Crippen LogP contribution in [0.25, 0.3) is 5.69 Å². The van der Waals surface area contributed by atoms with Gasteiger partial charge in [-0.25, -0.2) is 9.07 Å². The maximum atomic E-state index is 13.3. The topological polar surface area (TPSA) is 65.4 Å². The first-order valence-electron chi connectivity index (χ1n) is 9.99. The van der Waals surface area contributed by atoms with E-state index >= 15 is 0 Å². The molecule has 3 aromatic rings. The number of methoxy groups -OCH3 is 1. The molecule has 7 heteroatoms. The number of aromatic nitrogens is 2. The van der Waals surface area contributed by atoms with Gasteiger partial charge in [-0.15, -0.1) is 5.10 Å². The number of hydrogen-bond donors (Lipinski definition) is 1. The van der Waals surface area contributed by atoms with Crippen molar-refractivity contribution in [3.63, 3.8) is 0 Å². The van der Waals surface area contributed by atoms with Crippen LogP contribution in [0.5, 0.6) is 11.5 Å². The number of halogens is 1. The summed E-state index contributed by atoms with van der Waals surface area (Å²) in [5.74, 6) is 1.06. The largest absolute Gasteiger partial charge is 0.493 e. The molecular formula is C23H24FN3O3. The molecule has 1 heterocycles. The van der Waals surface area contributed by atoms with Gasteiger partial charge in [-0.2, -0.15) is 0 Å². The molecule has 0 aliphatic heterocycles. The van der Waals surface area contributed by atoms with E-state index < -0.39 is 0 Å². The first kappa shape index (κ1) is 19.9. The number of hydrogen-bond acceptors (Lipinski definition) is 4. The predicted molar refractivity (Wildman–Crippen MR) is 112 cm³/mol. The highest BCUT2D eigenvalue weighted by Crippen LogP contribution is 2.32. The summed E-state index contributed by atoms with van der Waals surface area (Å²) in [6.45, 7) is 3.86. The Morgan fingerprint density at radius 3 is 2.60 bits per heavy atom. The number of rotatable bonds is 6. The Labute approximate surface area is 174 Å². The molecule has 0 saturated heterocycles. The third-order valence-electron chi connectivity index (χ3n) is 5.02. The lowest BCUT2D eigenvalue weighted by atomic mass is 10.1. The van der Waals surface area contributed by atoms with Crippen molar-refractivity contribution in [2.45, 2.75) is 39.2 Å². The minimum atomic E-state index is -0.296. The van der Waals surface area contributed by atoms with Crippen molar-refractivity contribution < 1.29 is 18.7 Å². The summed E-state index contributed by atoms with van der Waals surface area (Å²) in [5.41, 5.74) is 3.30. The van der Waals surface area contributed by atoms with Gasteiger partial charge < -0.3 is 14.8 Å². The molecule has 1 aliphatic carbocycles. The van der Waals surface area contributed by atoms with Crippen LogP contribution in [-0.4, -0.2) is 28.9 Å². The number of fused-ring (bicyclic) bond motifs is 1. The van der Waals surface area contributed by atoms with Gasteiger partial charge in [0.1, 0.15) is 5.82 Å². The van der Waals surface area contributed by atoms with E-state index in [4.69, 9.17) is 9.47 Å². The number of carbonyl (C=O) groups is 1. The van der Waals surface area contributed by atoms with Crippen molar-refractivity contribution in [3.05, 3.63) is 65.1 Å². The highest BCUT2D eigenvalue weighted by Gasteiger charge is 2.25. The number of ether oxygens (including phenoxy) is 2. The molecule has 2 aromatic carbocycles. The van der Waals surface area contributed by atoms with E-state index in [1.54, 1.807) is 42.1 Å². The predicted octanol–water partition coefficient (Wildman–Crippen LogP) is 4.55. The van der Waals surface area contributed by atoms with Gasteiger partial charge in [-0.3, -0.25) is 4.79 Å². The zero-order chi connectivity index (χ0) is 21.3. The Balaban J connectivity index is 1.61. The van der Waals surface area contributed by atoms with E-state index in [0.717, 1.165) is 36.2 Å². The zero-order valence-corrected chi connectivity index (χ0v) is 17.2. The number of nitrogens with one attached hydrogen (secondary N) is 1. The molecular weight excluding hydrogens is 385 g/mol. The fourth-order valence-corrected chi connectivity index (χ4v) is 3.67. The van der Waals surface area contributed by atoms with Gasteiger partial charge in [0.15, 0.2) is 17.3 Å². The molecule has 0 bridgehead atoms. The maximum absolute atomic E-state index is 13.3. The molecule has 0 atom stereocenters. The van der Waals surface area contributed by atoms with Gasteiger partial charge in [0.2, 0.25) is 0 Å². The molecule has 0 radical (unpaired) electrons. The Morgan fingerprint density at radius 2 is 1.90 bits per heavy atom. The molecule has 30 heavy (non-hydrogen) atoms. The number of carbonyl (C=O) groups excluding carboxylic acids is 1. The standard InChI is InChI=1S/C23H24FN3O3/c1-14(2)30-20-12-7-15(13-21(20)29-3)23(28)25-22-18-5-4-6-19(18)27(26-22)17-10-8-16(24)9-11-17/h7-14H,4-6H2,1-3H3,(H,25,26,28). The molecule has 156 valence electrons. The fraction of sp³-hybridized carbons (Fsp3) is 0.304. The number of amides is 1. The zero-order valence-electron chi connectivity index (χ0n) is 17.2. The highest BCUT2D eigenvalue weighted by molar-refractivity contribution is 6.04. The van der Waals surface area contributed by atoms with Crippen LogP contribution in [0.3, 0.4) is 0 Å². The van der Waals surface area contributed by atoms with Crippen LogP contribution in [0, 0.1) is 5.82 Å². The molecule has 1 aromatic heterocycles. The first-order chi connectivity index (χ1) is 14.5. The van der Waals surface area contributed by atoms with Gasteiger partial charge >= 0.3 is 0 Å². The van der Waals surface area contributed by atoms with Crippen molar-refractivity contribution in [3.8, 4) is 17.2 Å². The maximum Gasteiger partial charge on any atom is 0.257 e. The van der Waals surface area contributed by atoms with Gasteiger partial charge in [0, 0.05) is 16.8 Å². The van der Waals surface area contributed by atoms with Crippen LogP contribution < -0.4 is 14.8 Å². The normalized spacial score (nSPS) is 12.7. The first-order valence-corrected chi connectivity index (χ1v) is 9.99. The van der Waals surface area contributed by atoms with Crippen molar-refractivity contribution in [1.29, 1.82) is 0 Å². The van der Waals surface area contributed by atoms with Crippen molar-refractivity contribution in [2.24, 2.45) is 0 Å². The van der Waals surface area contributed by atoms with Crippen LogP contribution in [0.1, 0.15) is 41.9 Å². The van der Waals surface area contributed by atoms with Gasteiger partial charge in [-0.1, -0.05) is 0 Å². The second-order valence-electron chi connectivity index (χ2n) is 7.50. The van der Waals surface area contributed by atoms with Crippen LogP contribution in [-0.2, 0) is 12.8 Å². The third-order valence-corrected chi connectivity index (χ3v) is 5.02. The summed E-state index contributed by atoms with van der Waals surface area (Å²) in [4.78, 5) is 12.9. The monoisotopic (exact) mass is 409 g/mol. The van der Waals surface area contributed by atoms with Crippen LogP contribution >= 0.6 is 0 Å². The van der Waals surface area contributed by atoms with Crippen molar-refractivity contribution in [2.75, 3.05) is 12.4 Å². The average Bonchev–Trinajstić information content (AvgIpc) is 3.32. The summed E-state index contributed by atoms with van der Waals surface area (Å²) in [7, 11) is 1.54. The summed E-state index contributed by atoms with van der Waals surface area (Å²) in [5, 5.41) is 7.53. The molecule has 4 rings (SSSR count). The molecule has 0 unspecified atom stereocenters. The number of benzene rings is 2. The Hall–Kier alpha value is -3.35. The summed E-state index contributed by atoms with van der Waals surface area (Å²) in [6, 6.07) is 11.3. The minimum Gasteiger partial charge on any atom is -0.493 e. The quantitative estimate of drug-likeness (QED) is 0.649. The fourth-order valence-electron chi connectivity index (χ4n) is 3.67. The van der Waals surface area contributed by atoms with E-state index in [-0.39, 0.29) is 17.8 Å². The number of anilines is 1. The van der Waals surface area contributed by atoms with E-state index in [2.05, 4.69) is 10.4 Å². The third kappa shape index (κ3) is 3.87. The lowest BCUT2D eigenvalue weighted by Gasteiger charge is -2.14. The van der Waals surface area contributed by atoms with Crippen molar-refractivity contribution in [1.82, 2.24) is 9.78 Å². The molecule has 0 fully saturated rings.